The van der Waals surface area contributed by atoms with Gasteiger partial charge >= 0.3 is 0 Å². The lowest BCUT2D eigenvalue weighted by atomic mass is 10.1. The summed E-state index contributed by atoms with van der Waals surface area (Å²) in [5.74, 6) is 1.08. The number of allylic oxidation sites excluding steroid dienone is 2. The Morgan fingerprint density at radius 2 is 2.11 bits per heavy atom. The molecule has 0 spiro atoms. The van der Waals surface area contributed by atoms with Gasteiger partial charge < -0.3 is 15.8 Å². The summed E-state index contributed by atoms with van der Waals surface area (Å²) in [7, 11) is 0. The van der Waals surface area contributed by atoms with Crippen LogP contribution in [0.25, 0.3) is 16.8 Å². The molecule has 2 heterocycles. The van der Waals surface area contributed by atoms with Crippen LogP contribution in [0.2, 0.25) is 0 Å². The van der Waals surface area contributed by atoms with E-state index >= 15 is 0 Å². The zero-order valence-corrected chi connectivity index (χ0v) is 16.9. The molecule has 2 rings (SSSR count). The Kier molecular flexibility index (Phi) is 7.68. The Labute approximate surface area is 166 Å². The molecule has 0 atom stereocenters. The van der Waals surface area contributed by atoms with E-state index in [4.69, 9.17) is 20.9 Å². The van der Waals surface area contributed by atoms with E-state index in [-0.39, 0.29) is 12.4 Å². The van der Waals surface area contributed by atoms with Gasteiger partial charge in [-0.1, -0.05) is 13.0 Å². The third-order valence-corrected chi connectivity index (χ3v) is 3.84. The average molecular weight is 380 g/mol. The molecule has 2 aromatic heterocycles. The first-order valence-electron chi connectivity index (χ1n) is 9.34. The predicted octanol–water partition coefficient (Wildman–Crippen LogP) is 4.12. The van der Waals surface area contributed by atoms with Gasteiger partial charge in [0.25, 0.3) is 0 Å². The minimum absolute atomic E-state index is 0.164. The second kappa shape index (κ2) is 10.2. The number of rotatable bonds is 8. The van der Waals surface area contributed by atoms with Crippen LogP contribution >= 0.6 is 0 Å². The first-order chi connectivity index (χ1) is 13.4. The maximum Gasteiger partial charge on any atom is 0.222 e. The van der Waals surface area contributed by atoms with Crippen molar-refractivity contribution in [2.24, 2.45) is 10.7 Å². The van der Waals surface area contributed by atoms with E-state index in [1.165, 1.54) is 0 Å². The van der Waals surface area contributed by atoms with Crippen LogP contribution in [0.5, 0.6) is 5.88 Å². The zero-order valence-electron chi connectivity index (χ0n) is 16.9. The minimum atomic E-state index is 0.164. The van der Waals surface area contributed by atoms with Crippen molar-refractivity contribution >= 4 is 22.9 Å². The third kappa shape index (κ3) is 5.90. The number of ether oxygens (including phenoxy) is 1. The van der Waals surface area contributed by atoms with Crippen molar-refractivity contribution in [3.63, 3.8) is 0 Å². The van der Waals surface area contributed by atoms with Crippen molar-refractivity contribution in [1.82, 2.24) is 9.97 Å². The highest BCUT2D eigenvalue weighted by Crippen LogP contribution is 2.30. The molecule has 0 radical (unpaired) electrons. The van der Waals surface area contributed by atoms with Gasteiger partial charge in [-0.3, -0.25) is 5.41 Å². The molecular formula is C21H28N6O. The molecule has 7 nitrogen and oxygen atoms in total. The fourth-order valence-corrected chi connectivity index (χ4v) is 2.66. The molecule has 148 valence electrons. The largest absolute Gasteiger partial charge is 0.477 e. The van der Waals surface area contributed by atoms with E-state index in [9.17, 15) is 0 Å². The maximum absolute atomic E-state index is 7.89. The summed E-state index contributed by atoms with van der Waals surface area (Å²) in [5.41, 5.74) is 9.91. The van der Waals surface area contributed by atoms with Gasteiger partial charge in [-0.2, -0.15) is 0 Å². The number of nitrogens with zero attached hydrogens (tertiary/aromatic N) is 3. The van der Waals surface area contributed by atoms with Crippen molar-refractivity contribution in [1.29, 1.82) is 5.41 Å². The molecular weight excluding hydrogens is 352 g/mol. The normalized spacial score (nSPS) is 12.0. The maximum atomic E-state index is 7.89. The van der Waals surface area contributed by atoms with E-state index < -0.39 is 0 Å². The van der Waals surface area contributed by atoms with Crippen molar-refractivity contribution in [2.75, 3.05) is 18.5 Å². The number of nitrogens with one attached hydrogen (secondary N) is 2. The average Bonchev–Trinajstić information content (AvgIpc) is 2.66. The summed E-state index contributed by atoms with van der Waals surface area (Å²) in [5, 5.41) is 11.1. The monoisotopic (exact) mass is 380 g/mol. The summed E-state index contributed by atoms with van der Waals surface area (Å²) in [6, 6.07) is 7.70. The highest BCUT2D eigenvalue weighted by molar-refractivity contribution is 5.95. The van der Waals surface area contributed by atoms with Gasteiger partial charge in [0, 0.05) is 11.9 Å². The van der Waals surface area contributed by atoms with Crippen LogP contribution in [0.15, 0.2) is 41.5 Å². The highest BCUT2D eigenvalue weighted by Gasteiger charge is 2.12. The van der Waals surface area contributed by atoms with E-state index in [0.29, 0.717) is 18.3 Å². The zero-order chi connectivity index (χ0) is 20.5. The molecule has 4 N–H and O–H groups in total. The van der Waals surface area contributed by atoms with Crippen LogP contribution in [0.3, 0.4) is 0 Å². The molecule has 7 heteroatoms. The number of pyridine rings is 2. The smallest absolute Gasteiger partial charge is 0.222 e. The quantitative estimate of drug-likeness (QED) is 0.471. The van der Waals surface area contributed by atoms with Crippen LogP contribution in [-0.2, 0) is 0 Å². The second-order valence-corrected chi connectivity index (χ2v) is 6.26. The summed E-state index contributed by atoms with van der Waals surface area (Å²) in [6.45, 7) is 8.50. The molecule has 0 aliphatic heterocycles. The third-order valence-electron chi connectivity index (χ3n) is 3.84. The predicted molar refractivity (Wildman–Crippen MR) is 116 cm³/mol. The molecule has 0 fully saturated rings. The van der Waals surface area contributed by atoms with E-state index in [2.05, 4.69) is 28.3 Å². The molecule has 2 aromatic rings. The number of hydrogen-bond acceptors (Lipinski definition) is 5. The highest BCUT2D eigenvalue weighted by atomic mass is 16.5. The van der Waals surface area contributed by atoms with Crippen LogP contribution in [0.4, 0.5) is 5.69 Å². The number of aliphatic imine (C=N–C) groups is 1. The van der Waals surface area contributed by atoms with Gasteiger partial charge in [0.15, 0.2) is 0 Å². The fraction of sp³-hybridized carbons (Fsp3) is 0.333. The molecule has 0 unspecified atom stereocenters. The minimum Gasteiger partial charge on any atom is -0.477 e. The van der Waals surface area contributed by atoms with Crippen LogP contribution in [-0.4, -0.2) is 34.8 Å². The molecule has 0 aliphatic carbocycles. The lowest BCUT2D eigenvalue weighted by Gasteiger charge is -2.13. The number of amidine groups is 2. The van der Waals surface area contributed by atoms with E-state index in [1.807, 2.05) is 38.1 Å². The molecule has 0 aromatic carbocycles. The van der Waals surface area contributed by atoms with Gasteiger partial charge in [0.2, 0.25) is 5.88 Å². The Morgan fingerprint density at radius 1 is 1.32 bits per heavy atom. The van der Waals surface area contributed by atoms with Gasteiger partial charge in [0.1, 0.15) is 5.84 Å². The number of hydrogen-bond donors (Lipinski definition) is 3. The number of aromatic nitrogens is 2. The van der Waals surface area contributed by atoms with Gasteiger partial charge in [-0.25, -0.2) is 15.0 Å². The topological polar surface area (TPSA) is 109 Å². The van der Waals surface area contributed by atoms with E-state index in [1.54, 1.807) is 13.1 Å². The number of anilines is 1. The Bertz CT molecular complexity index is 884. The molecule has 0 aliphatic rings. The second-order valence-electron chi connectivity index (χ2n) is 6.26. The van der Waals surface area contributed by atoms with Crippen LogP contribution in [0.1, 0.15) is 39.8 Å². The molecule has 0 saturated heterocycles. The Balaban J connectivity index is 2.45. The Morgan fingerprint density at radius 3 is 2.79 bits per heavy atom. The molecule has 0 saturated carbocycles. The molecule has 28 heavy (non-hydrogen) atoms. The standard InChI is InChI=1S/C21H28N6O/c1-5-8-14(3)18-11-16(25-13-20(23)26-15(4)22)12-19(27-18)17-9-7-10-24-21(17)28-6-2/h7-12H,5-6,13H2,1-4H3,(H,25,27)(H3,22,23,26). The van der Waals surface area contributed by atoms with Crippen molar-refractivity contribution in [3.8, 4) is 17.1 Å². The summed E-state index contributed by atoms with van der Waals surface area (Å²) >= 11 is 0. The van der Waals surface area contributed by atoms with Crippen molar-refractivity contribution in [2.45, 2.75) is 34.1 Å². The van der Waals surface area contributed by atoms with Crippen LogP contribution in [0, 0.1) is 5.41 Å². The lowest BCUT2D eigenvalue weighted by molar-refractivity contribution is 0.328. The summed E-state index contributed by atoms with van der Waals surface area (Å²) < 4.78 is 5.67. The summed E-state index contributed by atoms with van der Waals surface area (Å²) in [4.78, 5) is 13.1. The van der Waals surface area contributed by atoms with Crippen LogP contribution < -0.4 is 15.8 Å². The first-order valence-corrected chi connectivity index (χ1v) is 9.34. The lowest BCUT2D eigenvalue weighted by Crippen LogP contribution is -2.16. The number of nitrogens with two attached hydrogens (primary N) is 1. The Hall–Kier alpha value is -3.22. The summed E-state index contributed by atoms with van der Waals surface area (Å²) in [6.07, 6.45) is 4.76. The van der Waals surface area contributed by atoms with Gasteiger partial charge in [-0.15, -0.1) is 0 Å². The van der Waals surface area contributed by atoms with Gasteiger partial charge in [0.05, 0.1) is 35.9 Å². The first kappa shape index (κ1) is 21.1. The van der Waals surface area contributed by atoms with Crippen molar-refractivity contribution < 1.29 is 4.74 Å². The SMILES string of the molecule is CCC=C(C)c1cc(NCC(=N)/N=C(/C)N)cc(-c2cccnc2OCC)n1. The van der Waals surface area contributed by atoms with E-state index in [0.717, 1.165) is 34.6 Å². The van der Waals surface area contributed by atoms with Crippen molar-refractivity contribution in [3.05, 3.63) is 42.2 Å². The van der Waals surface area contributed by atoms with Gasteiger partial charge in [-0.05, 0) is 57.0 Å². The fourth-order valence-electron chi connectivity index (χ4n) is 2.66. The molecule has 0 amide bonds. The molecule has 0 bridgehead atoms.